The first-order valence-corrected chi connectivity index (χ1v) is 4.92. The van der Waals surface area contributed by atoms with E-state index in [0.717, 1.165) is 24.4 Å². The van der Waals surface area contributed by atoms with E-state index < -0.39 is 0 Å². The van der Waals surface area contributed by atoms with Gasteiger partial charge in [0.2, 0.25) is 0 Å². The number of aryl methyl sites for hydroxylation is 1. The molecule has 0 unspecified atom stereocenters. The van der Waals surface area contributed by atoms with Crippen LogP contribution in [0.4, 0.5) is 0 Å². The van der Waals surface area contributed by atoms with Gasteiger partial charge in [0.1, 0.15) is 5.69 Å². The van der Waals surface area contributed by atoms with Gasteiger partial charge >= 0.3 is 0 Å². The van der Waals surface area contributed by atoms with Crippen molar-refractivity contribution in [2.45, 2.75) is 13.0 Å². The van der Waals surface area contributed by atoms with E-state index in [4.69, 9.17) is 5.73 Å². The van der Waals surface area contributed by atoms with Gasteiger partial charge in [-0.2, -0.15) is 0 Å². The van der Waals surface area contributed by atoms with Crippen LogP contribution in [0.1, 0.15) is 6.42 Å². The van der Waals surface area contributed by atoms with E-state index in [0.29, 0.717) is 6.54 Å². The SMILES string of the molecule is NCCCn1cc(-c2ccccn2)nn1. The Morgan fingerprint density at radius 2 is 2.20 bits per heavy atom. The van der Waals surface area contributed by atoms with Crippen molar-refractivity contribution < 1.29 is 0 Å². The fourth-order valence-corrected chi connectivity index (χ4v) is 1.29. The molecule has 5 heteroatoms. The lowest BCUT2D eigenvalue weighted by molar-refractivity contribution is 0.564. The van der Waals surface area contributed by atoms with Gasteiger partial charge in [-0.05, 0) is 25.1 Å². The molecule has 0 saturated heterocycles. The van der Waals surface area contributed by atoms with E-state index in [1.165, 1.54) is 0 Å². The molecule has 2 heterocycles. The maximum Gasteiger partial charge on any atom is 0.131 e. The van der Waals surface area contributed by atoms with Crippen LogP contribution >= 0.6 is 0 Å². The van der Waals surface area contributed by atoms with E-state index in [2.05, 4.69) is 15.3 Å². The minimum absolute atomic E-state index is 0.665. The number of aromatic nitrogens is 4. The number of hydrogen-bond donors (Lipinski definition) is 1. The van der Waals surface area contributed by atoms with Crippen molar-refractivity contribution in [3.63, 3.8) is 0 Å². The van der Waals surface area contributed by atoms with E-state index in [-0.39, 0.29) is 0 Å². The van der Waals surface area contributed by atoms with Crippen LogP contribution in [-0.4, -0.2) is 26.5 Å². The van der Waals surface area contributed by atoms with Gasteiger partial charge in [0.05, 0.1) is 11.9 Å². The Morgan fingerprint density at radius 1 is 1.27 bits per heavy atom. The number of nitrogens with two attached hydrogens (primary N) is 1. The van der Waals surface area contributed by atoms with Crippen LogP contribution in [0.3, 0.4) is 0 Å². The molecule has 0 aliphatic rings. The highest BCUT2D eigenvalue weighted by Gasteiger charge is 2.03. The average Bonchev–Trinajstić information content (AvgIpc) is 2.76. The van der Waals surface area contributed by atoms with Gasteiger partial charge in [-0.1, -0.05) is 11.3 Å². The lowest BCUT2D eigenvalue weighted by atomic mass is 10.3. The van der Waals surface area contributed by atoms with E-state index in [9.17, 15) is 0 Å². The Kier molecular flexibility index (Phi) is 3.04. The van der Waals surface area contributed by atoms with Gasteiger partial charge in [-0.3, -0.25) is 9.67 Å². The Labute approximate surface area is 87.9 Å². The molecule has 5 nitrogen and oxygen atoms in total. The topological polar surface area (TPSA) is 69.6 Å². The molecule has 0 aliphatic heterocycles. The lowest BCUT2D eigenvalue weighted by Gasteiger charge is -1.95. The van der Waals surface area contributed by atoms with Gasteiger partial charge in [0.25, 0.3) is 0 Å². The summed E-state index contributed by atoms with van der Waals surface area (Å²) in [4.78, 5) is 4.20. The zero-order chi connectivity index (χ0) is 10.5. The van der Waals surface area contributed by atoms with Crippen LogP contribution in [0.2, 0.25) is 0 Å². The Morgan fingerprint density at radius 3 is 2.93 bits per heavy atom. The maximum absolute atomic E-state index is 5.42. The molecular formula is C10H13N5. The molecule has 0 amide bonds. The quantitative estimate of drug-likeness (QED) is 0.793. The normalized spacial score (nSPS) is 10.5. The number of hydrogen-bond acceptors (Lipinski definition) is 4. The number of rotatable bonds is 4. The van der Waals surface area contributed by atoms with Gasteiger partial charge in [-0.15, -0.1) is 5.10 Å². The number of nitrogens with zero attached hydrogens (tertiary/aromatic N) is 4. The summed E-state index contributed by atoms with van der Waals surface area (Å²) >= 11 is 0. The number of pyridine rings is 1. The zero-order valence-corrected chi connectivity index (χ0v) is 8.37. The summed E-state index contributed by atoms with van der Waals surface area (Å²) in [6.45, 7) is 1.47. The van der Waals surface area contributed by atoms with Crippen LogP contribution in [-0.2, 0) is 6.54 Å². The average molecular weight is 203 g/mol. The molecule has 2 rings (SSSR count). The molecule has 0 aliphatic carbocycles. The molecule has 0 bridgehead atoms. The summed E-state index contributed by atoms with van der Waals surface area (Å²) in [7, 11) is 0. The maximum atomic E-state index is 5.42. The Balaban J connectivity index is 2.14. The Bertz CT molecular complexity index is 409. The van der Waals surface area contributed by atoms with Crippen molar-refractivity contribution in [2.75, 3.05) is 6.54 Å². The monoisotopic (exact) mass is 203 g/mol. The van der Waals surface area contributed by atoms with Gasteiger partial charge in [0.15, 0.2) is 0 Å². The van der Waals surface area contributed by atoms with Crippen molar-refractivity contribution in [2.24, 2.45) is 5.73 Å². The van der Waals surface area contributed by atoms with E-state index >= 15 is 0 Å². The summed E-state index contributed by atoms with van der Waals surface area (Å²) in [6.07, 6.45) is 4.54. The molecule has 0 spiro atoms. The van der Waals surface area contributed by atoms with Gasteiger partial charge in [0, 0.05) is 12.7 Å². The third kappa shape index (κ3) is 2.38. The predicted molar refractivity (Wildman–Crippen MR) is 56.9 cm³/mol. The molecule has 15 heavy (non-hydrogen) atoms. The van der Waals surface area contributed by atoms with Crippen LogP contribution in [0.25, 0.3) is 11.4 Å². The summed E-state index contributed by atoms with van der Waals surface area (Å²) in [6, 6.07) is 5.72. The highest BCUT2D eigenvalue weighted by Crippen LogP contribution is 2.11. The first kappa shape index (κ1) is 9.79. The second-order valence-electron chi connectivity index (χ2n) is 3.22. The smallest absolute Gasteiger partial charge is 0.131 e. The molecule has 0 aromatic carbocycles. The van der Waals surface area contributed by atoms with Crippen LogP contribution in [0.15, 0.2) is 30.6 Å². The van der Waals surface area contributed by atoms with Crippen LogP contribution < -0.4 is 5.73 Å². The molecule has 2 N–H and O–H groups in total. The van der Waals surface area contributed by atoms with Crippen molar-refractivity contribution >= 4 is 0 Å². The second-order valence-corrected chi connectivity index (χ2v) is 3.22. The Hall–Kier alpha value is -1.75. The largest absolute Gasteiger partial charge is 0.330 e. The van der Waals surface area contributed by atoms with Crippen LogP contribution in [0.5, 0.6) is 0 Å². The van der Waals surface area contributed by atoms with Crippen molar-refractivity contribution in [1.29, 1.82) is 0 Å². The van der Waals surface area contributed by atoms with Gasteiger partial charge in [-0.25, -0.2) is 0 Å². The highest BCUT2D eigenvalue weighted by molar-refractivity contribution is 5.51. The van der Waals surface area contributed by atoms with E-state index in [1.807, 2.05) is 24.4 Å². The summed E-state index contributed by atoms with van der Waals surface area (Å²) in [5.41, 5.74) is 7.06. The summed E-state index contributed by atoms with van der Waals surface area (Å²) in [5, 5.41) is 8.05. The molecule has 2 aromatic heterocycles. The fraction of sp³-hybridized carbons (Fsp3) is 0.300. The molecule has 0 saturated carbocycles. The molecular weight excluding hydrogens is 190 g/mol. The van der Waals surface area contributed by atoms with Crippen LogP contribution in [0, 0.1) is 0 Å². The summed E-state index contributed by atoms with van der Waals surface area (Å²) in [5.74, 6) is 0. The van der Waals surface area contributed by atoms with Gasteiger partial charge < -0.3 is 5.73 Å². The predicted octanol–water partition coefficient (Wildman–Crippen LogP) is 0.689. The van der Waals surface area contributed by atoms with Crippen molar-refractivity contribution in [1.82, 2.24) is 20.0 Å². The molecule has 0 fully saturated rings. The minimum Gasteiger partial charge on any atom is -0.330 e. The third-order valence-corrected chi connectivity index (χ3v) is 2.06. The first-order valence-electron chi connectivity index (χ1n) is 4.92. The van der Waals surface area contributed by atoms with Crippen molar-refractivity contribution in [3.8, 4) is 11.4 Å². The molecule has 78 valence electrons. The lowest BCUT2D eigenvalue weighted by Crippen LogP contribution is -2.06. The third-order valence-electron chi connectivity index (χ3n) is 2.06. The van der Waals surface area contributed by atoms with Crippen molar-refractivity contribution in [3.05, 3.63) is 30.6 Å². The minimum atomic E-state index is 0.665. The highest BCUT2D eigenvalue weighted by atomic mass is 15.4. The molecule has 0 radical (unpaired) electrons. The second kappa shape index (κ2) is 4.65. The standard InChI is InChI=1S/C10H13N5/c11-5-3-7-15-8-10(13-14-15)9-4-1-2-6-12-9/h1-2,4,6,8H,3,5,7,11H2. The first-order chi connectivity index (χ1) is 7.40. The molecule has 2 aromatic rings. The van der Waals surface area contributed by atoms with E-state index in [1.54, 1.807) is 10.9 Å². The summed E-state index contributed by atoms with van der Waals surface area (Å²) < 4.78 is 1.79. The fourth-order valence-electron chi connectivity index (χ4n) is 1.29. The zero-order valence-electron chi connectivity index (χ0n) is 8.37. The molecule has 0 atom stereocenters.